The van der Waals surface area contributed by atoms with Crippen LogP contribution in [0, 0.1) is 5.82 Å². The fourth-order valence-electron chi connectivity index (χ4n) is 1.58. The lowest BCUT2D eigenvalue weighted by Gasteiger charge is -1.98. The minimum absolute atomic E-state index is 0.0506. The molecule has 0 atom stereocenters. The van der Waals surface area contributed by atoms with Gasteiger partial charge in [0, 0.05) is 12.6 Å². The molecule has 0 bridgehead atoms. The fraction of sp³-hybridized carbons (Fsp3) is 0.231. The van der Waals surface area contributed by atoms with Crippen LogP contribution in [0.1, 0.15) is 5.89 Å². The highest BCUT2D eigenvalue weighted by Gasteiger charge is 2.08. The molecule has 1 aromatic heterocycles. The van der Waals surface area contributed by atoms with Gasteiger partial charge in [-0.3, -0.25) is 4.79 Å². The van der Waals surface area contributed by atoms with Gasteiger partial charge in [-0.2, -0.15) is 0 Å². The number of nitrogens with two attached hydrogens (primary N) is 1. The van der Waals surface area contributed by atoms with Crippen LogP contribution in [0.25, 0.3) is 11.3 Å². The highest BCUT2D eigenvalue weighted by atomic mass is 19.1. The normalized spacial score (nSPS) is 10.4. The van der Waals surface area contributed by atoms with Gasteiger partial charge in [-0.25, -0.2) is 9.37 Å². The number of nitrogens with one attached hydrogen (secondary N) is 1. The summed E-state index contributed by atoms with van der Waals surface area (Å²) >= 11 is 0. The third-order valence-corrected chi connectivity index (χ3v) is 2.61. The van der Waals surface area contributed by atoms with Gasteiger partial charge in [0.1, 0.15) is 5.82 Å². The Morgan fingerprint density at radius 2 is 2.16 bits per heavy atom. The van der Waals surface area contributed by atoms with Crippen LogP contribution in [0.2, 0.25) is 0 Å². The van der Waals surface area contributed by atoms with Crippen LogP contribution in [0.15, 0.2) is 34.9 Å². The molecule has 5 nitrogen and oxygen atoms in total. The van der Waals surface area contributed by atoms with Crippen LogP contribution in [0.4, 0.5) is 4.39 Å². The molecule has 0 radical (unpaired) electrons. The summed E-state index contributed by atoms with van der Waals surface area (Å²) in [5, 5.41) is 4.32. The Bertz CT molecular complexity index is 551. The van der Waals surface area contributed by atoms with Crippen molar-refractivity contribution in [2.45, 2.75) is 6.54 Å². The van der Waals surface area contributed by atoms with E-state index in [0.29, 0.717) is 24.7 Å². The Balaban J connectivity index is 1.95. The van der Waals surface area contributed by atoms with Crippen molar-refractivity contribution >= 4 is 5.91 Å². The molecule has 0 aliphatic rings. The number of halogens is 1. The van der Waals surface area contributed by atoms with E-state index in [1.165, 1.54) is 12.1 Å². The van der Waals surface area contributed by atoms with Crippen molar-refractivity contribution in [3.8, 4) is 11.3 Å². The van der Waals surface area contributed by atoms with E-state index in [-0.39, 0.29) is 11.7 Å². The first kappa shape index (κ1) is 13.2. The second-order valence-electron chi connectivity index (χ2n) is 4.00. The van der Waals surface area contributed by atoms with E-state index in [9.17, 15) is 9.18 Å². The van der Waals surface area contributed by atoms with Crippen LogP contribution in [0.5, 0.6) is 0 Å². The lowest BCUT2D eigenvalue weighted by Crippen LogP contribution is -2.85. The summed E-state index contributed by atoms with van der Waals surface area (Å²) in [6.45, 7) is 0.805. The lowest BCUT2D eigenvalue weighted by molar-refractivity contribution is -0.662. The number of carbonyl (C=O) groups excluding carboxylic acids is 1. The van der Waals surface area contributed by atoms with Gasteiger partial charge in [0.15, 0.2) is 18.8 Å². The number of aromatic nitrogens is 1. The lowest BCUT2D eigenvalue weighted by atomic mass is 10.2. The quantitative estimate of drug-likeness (QED) is 0.815. The second kappa shape index (κ2) is 6.10. The predicted octanol–water partition coefficient (Wildman–Crippen LogP) is 0.290. The summed E-state index contributed by atoms with van der Waals surface area (Å²) in [4.78, 5) is 15.1. The van der Waals surface area contributed by atoms with E-state index < -0.39 is 0 Å². The van der Waals surface area contributed by atoms with Gasteiger partial charge in [0.25, 0.3) is 11.8 Å². The van der Waals surface area contributed by atoms with E-state index in [0.717, 1.165) is 5.56 Å². The Hall–Kier alpha value is -2.21. The van der Waals surface area contributed by atoms with Gasteiger partial charge in [-0.15, -0.1) is 0 Å². The first-order chi connectivity index (χ1) is 9.19. The Morgan fingerprint density at radius 3 is 2.84 bits per heavy atom. The average molecular weight is 264 g/mol. The molecule has 1 amide bonds. The molecule has 6 heteroatoms. The molecule has 0 aliphatic carbocycles. The van der Waals surface area contributed by atoms with Crippen molar-refractivity contribution < 1.29 is 18.9 Å². The van der Waals surface area contributed by atoms with Gasteiger partial charge in [0.05, 0.1) is 6.20 Å². The summed E-state index contributed by atoms with van der Waals surface area (Å²) in [5.74, 6) is 0.777. The van der Waals surface area contributed by atoms with Crippen molar-refractivity contribution in [3.05, 3.63) is 42.2 Å². The first-order valence-electron chi connectivity index (χ1n) is 5.92. The molecule has 19 heavy (non-hydrogen) atoms. The maximum Gasteiger partial charge on any atom is 0.274 e. The topological polar surface area (TPSA) is 71.7 Å². The van der Waals surface area contributed by atoms with Crippen molar-refractivity contribution in [3.63, 3.8) is 0 Å². The van der Waals surface area contributed by atoms with Gasteiger partial charge in [-0.05, 0) is 24.3 Å². The highest BCUT2D eigenvalue weighted by Crippen LogP contribution is 2.20. The van der Waals surface area contributed by atoms with Crippen LogP contribution < -0.4 is 10.6 Å². The van der Waals surface area contributed by atoms with Crippen molar-refractivity contribution in [1.82, 2.24) is 10.3 Å². The molecule has 2 aromatic rings. The van der Waals surface area contributed by atoms with E-state index in [2.05, 4.69) is 10.3 Å². The van der Waals surface area contributed by atoms with Gasteiger partial charge < -0.3 is 15.1 Å². The summed E-state index contributed by atoms with van der Waals surface area (Å²) in [6, 6.07) is 6.01. The van der Waals surface area contributed by atoms with E-state index >= 15 is 0 Å². The van der Waals surface area contributed by atoms with Crippen LogP contribution in [-0.4, -0.2) is 24.5 Å². The maximum atomic E-state index is 12.8. The number of quaternary nitrogens is 1. The number of carbonyl (C=O) groups is 1. The molecule has 0 spiro atoms. The highest BCUT2D eigenvalue weighted by molar-refractivity contribution is 5.76. The predicted molar refractivity (Wildman–Crippen MR) is 66.5 cm³/mol. The van der Waals surface area contributed by atoms with E-state index in [1.807, 2.05) is 0 Å². The minimum atomic E-state index is -0.289. The molecule has 0 unspecified atom stereocenters. The zero-order chi connectivity index (χ0) is 13.7. The smallest absolute Gasteiger partial charge is 0.274 e. The molecule has 0 saturated heterocycles. The second-order valence-corrected chi connectivity index (χ2v) is 4.00. The number of hydrogen-bond acceptors (Lipinski definition) is 3. The average Bonchev–Trinajstić information content (AvgIpc) is 2.88. The minimum Gasteiger partial charge on any atom is -0.435 e. The Kier molecular flexibility index (Phi) is 4.25. The zero-order valence-electron chi connectivity index (χ0n) is 10.5. The standard InChI is InChI=1S/C13H14FN3O2/c1-15-12(18)7-16-8-13-17-6-11(19-13)9-2-4-10(14)5-3-9/h2-6,16H,7-8H2,1H3,(H,15,18)/p+1. The zero-order valence-corrected chi connectivity index (χ0v) is 10.5. The summed E-state index contributed by atoms with van der Waals surface area (Å²) < 4.78 is 18.3. The molecular weight excluding hydrogens is 249 g/mol. The summed E-state index contributed by atoms with van der Waals surface area (Å²) in [7, 11) is 1.59. The number of rotatable bonds is 5. The molecule has 100 valence electrons. The number of nitrogens with zero attached hydrogens (tertiary/aromatic N) is 1. The molecular formula is C13H15FN3O2+. The number of amides is 1. The summed E-state index contributed by atoms with van der Waals surface area (Å²) in [6.07, 6.45) is 1.59. The van der Waals surface area contributed by atoms with Gasteiger partial charge in [-0.1, -0.05) is 0 Å². The molecule has 0 fully saturated rings. The van der Waals surface area contributed by atoms with Crippen LogP contribution >= 0.6 is 0 Å². The SMILES string of the molecule is CNC(=O)C[NH2+]Cc1ncc(-c2ccc(F)cc2)o1. The van der Waals surface area contributed by atoms with Crippen LogP contribution in [0.3, 0.4) is 0 Å². The number of likely N-dealkylation sites (N-methyl/N-ethyl adjacent to an activating group) is 1. The van der Waals surface area contributed by atoms with Gasteiger partial charge in [0.2, 0.25) is 0 Å². The van der Waals surface area contributed by atoms with E-state index in [4.69, 9.17) is 4.42 Å². The Labute approximate surface area is 109 Å². The molecule has 0 aliphatic heterocycles. The third kappa shape index (κ3) is 3.62. The van der Waals surface area contributed by atoms with E-state index in [1.54, 1.807) is 30.7 Å². The first-order valence-corrected chi connectivity index (χ1v) is 5.92. The Morgan fingerprint density at radius 1 is 1.42 bits per heavy atom. The fourth-order valence-corrected chi connectivity index (χ4v) is 1.58. The number of oxazole rings is 1. The molecule has 1 heterocycles. The van der Waals surface area contributed by atoms with Crippen molar-refractivity contribution in [1.29, 1.82) is 0 Å². The number of benzene rings is 1. The molecule has 2 rings (SSSR count). The van der Waals surface area contributed by atoms with Crippen LogP contribution in [-0.2, 0) is 11.3 Å². The third-order valence-electron chi connectivity index (χ3n) is 2.61. The number of hydrogen-bond donors (Lipinski definition) is 2. The van der Waals surface area contributed by atoms with Crippen molar-refractivity contribution in [2.75, 3.05) is 13.6 Å². The monoisotopic (exact) mass is 264 g/mol. The van der Waals surface area contributed by atoms with Gasteiger partial charge >= 0.3 is 0 Å². The molecule has 1 aromatic carbocycles. The molecule has 0 saturated carbocycles. The van der Waals surface area contributed by atoms with Crippen molar-refractivity contribution in [2.24, 2.45) is 0 Å². The molecule has 3 N–H and O–H groups in total. The summed E-state index contributed by atoms with van der Waals surface area (Å²) in [5.41, 5.74) is 0.770. The largest absolute Gasteiger partial charge is 0.435 e. The maximum absolute atomic E-state index is 12.8.